The van der Waals surface area contributed by atoms with Crippen LogP contribution in [0.5, 0.6) is 0 Å². The van der Waals surface area contributed by atoms with Crippen LogP contribution in [0.15, 0.2) is 71.6 Å². The van der Waals surface area contributed by atoms with Crippen molar-refractivity contribution in [1.82, 2.24) is 9.80 Å². The van der Waals surface area contributed by atoms with Gasteiger partial charge >= 0.3 is 18.4 Å². The van der Waals surface area contributed by atoms with Crippen LogP contribution >= 0.6 is 0 Å². The summed E-state index contributed by atoms with van der Waals surface area (Å²) in [5, 5.41) is 0. The number of ether oxygens (including phenoxy) is 1. The maximum atomic E-state index is 14.6. The van der Waals surface area contributed by atoms with Gasteiger partial charge in [0.25, 0.3) is 5.60 Å². The molecule has 0 radical (unpaired) electrons. The zero-order chi connectivity index (χ0) is 40.8. The van der Waals surface area contributed by atoms with E-state index >= 15 is 0 Å². The van der Waals surface area contributed by atoms with Crippen molar-refractivity contribution in [2.45, 2.75) is 53.5 Å². The number of nitrogens with zero attached hydrogens (tertiary/aromatic N) is 2. The third kappa shape index (κ3) is 8.07. The first-order valence-corrected chi connectivity index (χ1v) is 20.0. The lowest BCUT2D eigenvalue weighted by Gasteiger charge is -2.38. The number of alkyl halides is 6. The van der Waals surface area contributed by atoms with E-state index in [0.29, 0.717) is 36.4 Å². The molecular weight excluding hydrogens is 796 g/mol. The average molecular weight is 829 g/mol. The van der Waals surface area contributed by atoms with Crippen molar-refractivity contribution in [3.05, 3.63) is 101 Å². The monoisotopic (exact) mass is 828 g/mol. The quantitative estimate of drug-likeness (QED) is 0.170. The molecule has 9 nitrogen and oxygen atoms in total. The molecule has 0 saturated carbocycles. The standard InChI is InChI=1S/C35H33F9N2O7S2/c1-54(49,50)20-30(47)22-13-16-45(17-14-22)31(48)46-18-15-32(21-46,55(51,52)26-11-9-25(36)10-12-26)23-5-7-24(8-6-23)33(34(39,40)41,35(42,43)44)53-19-27-28(37)3-2-4-29(27)38/h2-12,22H,13-21H2,1H3/t32-/m0/s1. The molecule has 2 fully saturated rings. The zero-order valence-electron chi connectivity index (χ0n) is 28.8. The van der Waals surface area contributed by atoms with Gasteiger partial charge in [-0.3, -0.25) is 4.79 Å². The van der Waals surface area contributed by atoms with Crippen LogP contribution in [0.25, 0.3) is 0 Å². The number of amides is 2. The summed E-state index contributed by atoms with van der Waals surface area (Å²) in [5.74, 6) is -5.59. The van der Waals surface area contributed by atoms with E-state index in [1.165, 1.54) is 4.90 Å². The van der Waals surface area contributed by atoms with Crippen LogP contribution in [-0.4, -0.2) is 89.0 Å². The largest absolute Gasteiger partial charge is 0.430 e. The number of sulfone groups is 2. The summed E-state index contributed by atoms with van der Waals surface area (Å²) in [5.41, 5.74) is -8.29. The predicted octanol–water partition coefficient (Wildman–Crippen LogP) is 6.46. The first-order chi connectivity index (χ1) is 25.4. The van der Waals surface area contributed by atoms with Gasteiger partial charge in [0.2, 0.25) is 0 Å². The molecule has 3 aromatic rings. The van der Waals surface area contributed by atoms with Crippen molar-refractivity contribution in [1.29, 1.82) is 0 Å². The number of hydrogen-bond acceptors (Lipinski definition) is 7. The Hall–Kier alpha value is -4.17. The summed E-state index contributed by atoms with van der Waals surface area (Å²) in [6.07, 6.45) is -11.8. The Balaban J connectivity index is 1.51. The highest BCUT2D eigenvalue weighted by Gasteiger charge is 2.73. The summed E-state index contributed by atoms with van der Waals surface area (Å²) in [4.78, 5) is 28.1. The lowest BCUT2D eigenvalue weighted by atomic mass is 9.88. The zero-order valence-corrected chi connectivity index (χ0v) is 30.4. The van der Waals surface area contributed by atoms with Gasteiger partial charge in [-0.2, -0.15) is 26.3 Å². The molecular formula is C35H33F9N2O7S2. The molecule has 2 aliphatic rings. The van der Waals surface area contributed by atoms with Gasteiger partial charge in [0, 0.05) is 49.5 Å². The number of ketones is 1. The Morgan fingerprint density at radius 2 is 1.33 bits per heavy atom. The van der Waals surface area contributed by atoms with Crippen molar-refractivity contribution in [2.75, 3.05) is 38.2 Å². The van der Waals surface area contributed by atoms with Crippen LogP contribution in [0.4, 0.5) is 44.3 Å². The van der Waals surface area contributed by atoms with E-state index in [0.717, 1.165) is 41.5 Å². The fourth-order valence-corrected chi connectivity index (χ4v) is 9.79. The first-order valence-electron chi connectivity index (χ1n) is 16.5. The fraction of sp³-hybridized carbons (Fsp3) is 0.429. The van der Waals surface area contributed by atoms with Crippen LogP contribution in [0, 0.1) is 23.4 Å². The van der Waals surface area contributed by atoms with Crippen molar-refractivity contribution in [2.24, 2.45) is 5.92 Å². The molecule has 2 heterocycles. The van der Waals surface area contributed by atoms with Gasteiger partial charge in [-0.05, 0) is 61.2 Å². The molecule has 0 N–H and O–H groups in total. The summed E-state index contributed by atoms with van der Waals surface area (Å²) < 4.78 is 184. The molecule has 1 atom stereocenters. The van der Waals surface area contributed by atoms with Crippen molar-refractivity contribution >= 4 is 31.5 Å². The van der Waals surface area contributed by atoms with E-state index in [4.69, 9.17) is 0 Å². The third-order valence-corrected chi connectivity index (χ3v) is 13.2. The van der Waals surface area contributed by atoms with Gasteiger partial charge in [-0.1, -0.05) is 30.3 Å². The Labute approximate surface area is 309 Å². The summed E-state index contributed by atoms with van der Waals surface area (Å²) in [7, 11) is -8.30. The lowest BCUT2D eigenvalue weighted by Crippen LogP contribution is -2.56. The molecule has 3 aromatic carbocycles. The first kappa shape index (κ1) is 42.0. The van der Waals surface area contributed by atoms with E-state index in [2.05, 4.69) is 4.74 Å². The Kier molecular flexibility index (Phi) is 11.5. The Morgan fingerprint density at radius 3 is 1.84 bits per heavy atom. The molecule has 300 valence electrons. The van der Waals surface area contributed by atoms with Crippen molar-refractivity contribution in [3.8, 4) is 0 Å². The molecule has 0 bridgehead atoms. The van der Waals surface area contributed by atoms with E-state index in [9.17, 15) is 65.9 Å². The van der Waals surface area contributed by atoms with E-state index in [1.54, 1.807) is 0 Å². The molecule has 20 heteroatoms. The summed E-state index contributed by atoms with van der Waals surface area (Å²) in [6, 6.07) is 6.92. The predicted molar refractivity (Wildman–Crippen MR) is 177 cm³/mol. The van der Waals surface area contributed by atoms with Crippen LogP contribution in [0.3, 0.4) is 0 Å². The molecule has 5 rings (SSSR count). The minimum absolute atomic E-state index is 0.00431. The second-order valence-electron chi connectivity index (χ2n) is 13.4. The maximum absolute atomic E-state index is 14.6. The summed E-state index contributed by atoms with van der Waals surface area (Å²) in [6.45, 7) is -2.72. The molecule has 0 aromatic heterocycles. The topological polar surface area (TPSA) is 118 Å². The van der Waals surface area contributed by atoms with E-state index in [-0.39, 0.29) is 38.0 Å². The number of piperidine rings is 1. The molecule has 2 aliphatic heterocycles. The number of benzene rings is 3. The van der Waals surface area contributed by atoms with Crippen LogP contribution in [0.2, 0.25) is 0 Å². The number of rotatable bonds is 10. The van der Waals surface area contributed by atoms with Gasteiger partial charge in [0.1, 0.15) is 28.0 Å². The molecule has 2 saturated heterocycles. The number of likely N-dealkylation sites (tertiary alicyclic amines) is 2. The van der Waals surface area contributed by atoms with E-state index in [1.807, 2.05) is 0 Å². The normalized spacial score (nSPS) is 19.2. The number of halogens is 9. The highest BCUT2D eigenvalue weighted by molar-refractivity contribution is 7.92. The smallest absolute Gasteiger partial charge is 0.349 e. The number of Topliss-reactive ketones (excluding diaryl/α,β-unsaturated/α-hetero) is 1. The summed E-state index contributed by atoms with van der Waals surface area (Å²) >= 11 is 0. The minimum atomic E-state index is -6.27. The van der Waals surface area contributed by atoms with Gasteiger partial charge in [0.15, 0.2) is 25.5 Å². The third-order valence-electron chi connectivity index (χ3n) is 9.88. The van der Waals surface area contributed by atoms with Gasteiger partial charge in [0.05, 0.1) is 11.5 Å². The average Bonchev–Trinajstić information content (AvgIpc) is 3.55. The number of carbonyl (C=O) groups is 2. The second kappa shape index (κ2) is 15.1. The molecule has 55 heavy (non-hydrogen) atoms. The highest BCUT2D eigenvalue weighted by Crippen LogP contribution is 2.54. The van der Waals surface area contributed by atoms with Crippen molar-refractivity contribution in [3.63, 3.8) is 0 Å². The van der Waals surface area contributed by atoms with E-state index < -0.39 is 119 Å². The van der Waals surface area contributed by atoms with Crippen LogP contribution < -0.4 is 0 Å². The fourth-order valence-electron chi connectivity index (χ4n) is 6.96. The molecule has 2 amide bonds. The van der Waals surface area contributed by atoms with Gasteiger partial charge < -0.3 is 14.5 Å². The minimum Gasteiger partial charge on any atom is -0.349 e. The maximum Gasteiger partial charge on any atom is 0.430 e. The molecule has 0 spiro atoms. The SMILES string of the molecule is CS(=O)(=O)CC(=O)C1CCN(C(=O)N2CC[C@](c3ccc(C(OCc4c(F)cccc4F)(C(F)(F)F)C(F)(F)F)cc3)(S(=O)(=O)c3ccc(F)cc3)C2)CC1. The van der Waals surface area contributed by atoms with Crippen LogP contribution in [-0.2, 0) is 46.2 Å². The van der Waals surface area contributed by atoms with Crippen LogP contribution in [0.1, 0.15) is 36.0 Å². The van der Waals surface area contributed by atoms with Gasteiger partial charge in [-0.25, -0.2) is 34.8 Å². The molecule has 0 unspecified atom stereocenters. The Morgan fingerprint density at radius 1 is 0.782 bits per heavy atom. The Bertz CT molecular complexity index is 2100. The van der Waals surface area contributed by atoms with Crippen molar-refractivity contribution < 1.29 is 70.7 Å². The van der Waals surface area contributed by atoms with Gasteiger partial charge in [-0.15, -0.1) is 0 Å². The highest BCUT2D eigenvalue weighted by atomic mass is 32.2. The molecule has 0 aliphatic carbocycles. The number of urea groups is 1. The lowest BCUT2D eigenvalue weighted by molar-refractivity contribution is -0.392. The number of hydrogen-bond donors (Lipinski definition) is 0. The number of carbonyl (C=O) groups excluding carboxylic acids is 2. The second-order valence-corrected chi connectivity index (χ2v) is 17.8.